The van der Waals surface area contributed by atoms with Crippen molar-refractivity contribution in [2.24, 2.45) is 5.10 Å². The number of pyridine rings is 1. The van der Waals surface area contributed by atoms with E-state index in [9.17, 15) is 13.2 Å². The van der Waals surface area contributed by atoms with Gasteiger partial charge in [-0.05, 0) is 61.0 Å². The van der Waals surface area contributed by atoms with Gasteiger partial charge in [-0.1, -0.05) is 53.5 Å². The molecular weight excluding hydrogens is 573 g/mol. The molecule has 9 nitrogen and oxygen atoms in total. The fourth-order valence-corrected chi connectivity index (χ4v) is 5.79. The number of aryl methyl sites for hydroxylation is 1. The van der Waals surface area contributed by atoms with Crippen LogP contribution in [-0.4, -0.2) is 34.2 Å². The summed E-state index contributed by atoms with van der Waals surface area (Å²) in [5, 5.41) is 4.90. The van der Waals surface area contributed by atoms with Gasteiger partial charge in [0, 0.05) is 17.8 Å². The van der Waals surface area contributed by atoms with E-state index in [-0.39, 0.29) is 18.0 Å². The average Bonchev–Trinajstić information content (AvgIpc) is 3.51. The van der Waals surface area contributed by atoms with E-state index in [4.69, 9.17) is 27.6 Å². The Morgan fingerprint density at radius 1 is 1.00 bits per heavy atom. The average molecular weight is 596 g/mol. The SMILES string of the molecule is Cc1nc2ccc(Cl)cn2c1C(=O)N/N=C/c1ccc(CN(Cc2ccccc2)S(=O)(=O)c2ccc(Cl)cc2)o1. The molecule has 0 saturated carbocycles. The molecule has 204 valence electrons. The normalized spacial score (nSPS) is 12.0. The van der Waals surface area contributed by atoms with Gasteiger partial charge in [0.25, 0.3) is 5.91 Å². The third kappa shape index (κ3) is 6.10. The lowest BCUT2D eigenvalue weighted by atomic mass is 10.2. The van der Waals surface area contributed by atoms with E-state index in [1.165, 1.54) is 34.8 Å². The zero-order valence-electron chi connectivity index (χ0n) is 21.2. The topological polar surface area (TPSA) is 109 Å². The van der Waals surface area contributed by atoms with Gasteiger partial charge in [0.1, 0.15) is 22.9 Å². The second-order valence-corrected chi connectivity index (χ2v) is 11.6. The molecule has 0 fully saturated rings. The lowest BCUT2D eigenvalue weighted by Gasteiger charge is -2.21. The molecule has 0 aliphatic heterocycles. The van der Waals surface area contributed by atoms with Gasteiger partial charge in [0.15, 0.2) is 0 Å². The summed E-state index contributed by atoms with van der Waals surface area (Å²) in [5.74, 6) is 0.253. The zero-order chi connectivity index (χ0) is 28.3. The van der Waals surface area contributed by atoms with E-state index in [0.717, 1.165) is 5.56 Å². The molecule has 5 aromatic rings. The number of nitrogens with zero attached hydrogens (tertiary/aromatic N) is 4. The molecule has 1 N–H and O–H groups in total. The third-order valence-corrected chi connectivity index (χ3v) is 8.28. The molecule has 2 aromatic carbocycles. The number of hydrogen-bond acceptors (Lipinski definition) is 6. The molecule has 0 bridgehead atoms. The lowest BCUT2D eigenvalue weighted by Crippen LogP contribution is -2.30. The largest absolute Gasteiger partial charge is 0.459 e. The Hall–Kier alpha value is -3.96. The van der Waals surface area contributed by atoms with Crippen molar-refractivity contribution < 1.29 is 17.6 Å². The summed E-state index contributed by atoms with van der Waals surface area (Å²) in [4.78, 5) is 17.3. The highest BCUT2D eigenvalue weighted by Gasteiger charge is 2.26. The summed E-state index contributed by atoms with van der Waals surface area (Å²) in [6, 6.07) is 22.0. The van der Waals surface area contributed by atoms with Crippen LogP contribution < -0.4 is 5.43 Å². The standard InChI is InChI=1S/C28H23Cl2N5O4S/c1-19-27(35-17-22(30)9-14-26(35)32-19)28(36)33-31-15-23-10-11-24(39-23)18-34(16-20-5-3-2-4-6-20)40(37,38)25-12-7-21(29)8-13-25/h2-15,17H,16,18H2,1H3,(H,33,36)/b31-15+. The van der Waals surface area contributed by atoms with Crippen molar-refractivity contribution in [3.63, 3.8) is 0 Å². The number of benzene rings is 2. The van der Waals surface area contributed by atoms with Crippen LogP contribution in [0.2, 0.25) is 10.0 Å². The van der Waals surface area contributed by atoms with Gasteiger partial charge in [0.05, 0.1) is 28.4 Å². The maximum Gasteiger partial charge on any atom is 0.290 e. The van der Waals surface area contributed by atoms with Crippen LogP contribution in [0.1, 0.15) is 33.3 Å². The lowest BCUT2D eigenvalue weighted by molar-refractivity contribution is 0.0948. The molecule has 0 unspecified atom stereocenters. The summed E-state index contributed by atoms with van der Waals surface area (Å²) < 4.78 is 35.8. The highest BCUT2D eigenvalue weighted by atomic mass is 35.5. The maximum atomic E-state index is 13.5. The summed E-state index contributed by atoms with van der Waals surface area (Å²) in [6.45, 7) is 1.83. The summed E-state index contributed by atoms with van der Waals surface area (Å²) >= 11 is 12.0. The molecule has 3 heterocycles. The summed E-state index contributed by atoms with van der Waals surface area (Å²) in [6.07, 6.45) is 2.94. The predicted molar refractivity (Wildman–Crippen MR) is 153 cm³/mol. The molecule has 40 heavy (non-hydrogen) atoms. The number of sulfonamides is 1. The molecule has 0 atom stereocenters. The predicted octanol–water partition coefficient (Wildman–Crippen LogP) is 5.70. The van der Waals surface area contributed by atoms with Gasteiger partial charge in [-0.3, -0.25) is 9.20 Å². The van der Waals surface area contributed by atoms with Gasteiger partial charge in [-0.15, -0.1) is 0 Å². The van der Waals surface area contributed by atoms with Crippen molar-refractivity contribution in [2.75, 3.05) is 0 Å². The zero-order valence-corrected chi connectivity index (χ0v) is 23.5. The minimum absolute atomic E-state index is 0.0260. The van der Waals surface area contributed by atoms with Crippen LogP contribution in [0.15, 0.2) is 99.5 Å². The maximum absolute atomic E-state index is 13.5. The van der Waals surface area contributed by atoms with Crippen LogP contribution in [0, 0.1) is 6.92 Å². The number of imidazole rings is 1. The number of furan rings is 1. The monoisotopic (exact) mass is 595 g/mol. The quantitative estimate of drug-likeness (QED) is 0.174. The molecule has 0 aliphatic rings. The Balaban J connectivity index is 1.32. The first kappa shape index (κ1) is 27.6. The second kappa shape index (κ2) is 11.6. The number of halogens is 2. The van der Waals surface area contributed by atoms with E-state index >= 15 is 0 Å². The second-order valence-electron chi connectivity index (χ2n) is 8.84. The van der Waals surface area contributed by atoms with Gasteiger partial charge < -0.3 is 4.42 Å². The fraction of sp³-hybridized carbons (Fsp3) is 0.107. The molecule has 5 rings (SSSR count). The third-order valence-electron chi connectivity index (χ3n) is 6.00. The minimum Gasteiger partial charge on any atom is -0.459 e. The Morgan fingerprint density at radius 3 is 2.48 bits per heavy atom. The summed E-state index contributed by atoms with van der Waals surface area (Å²) in [5.41, 5.74) is 4.70. The first-order chi connectivity index (χ1) is 19.2. The highest BCUT2D eigenvalue weighted by Crippen LogP contribution is 2.23. The Labute approximate surface area is 240 Å². The van der Waals surface area contributed by atoms with Gasteiger partial charge in [-0.2, -0.15) is 9.41 Å². The number of nitrogens with one attached hydrogen (secondary N) is 1. The minimum atomic E-state index is -3.88. The van der Waals surface area contributed by atoms with Crippen molar-refractivity contribution in [1.29, 1.82) is 0 Å². The Bertz CT molecular complexity index is 1800. The highest BCUT2D eigenvalue weighted by molar-refractivity contribution is 7.89. The number of hydrogen-bond donors (Lipinski definition) is 1. The molecule has 0 saturated heterocycles. The van der Waals surface area contributed by atoms with Crippen molar-refractivity contribution in [3.8, 4) is 0 Å². The van der Waals surface area contributed by atoms with Crippen molar-refractivity contribution >= 4 is 51.0 Å². The first-order valence-corrected chi connectivity index (χ1v) is 14.3. The molecule has 0 aliphatic carbocycles. The van der Waals surface area contributed by atoms with Crippen molar-refractivity contribution in [2.45, 2.75) is 24.9 Å². The van der Waals surface area contributed by atoms with E-state index in [1.807, 2.05) is 30.3 Å². The van der Waals surface area contributed by atoms with Crippen molar-refractivity contribution in [3.05, 3.63) is 124 Å². The number of carbonyl (C=O) groups is 1. The number of aromatic nitrogens is 2. The molecule has 0 radical (unpaired) electrons. The van der Waals surface area contributed by atoms with Crippen LogP contribution in [0.4, 0.5) is 0 Å². The van der Waals surface area contributed by atoms with Crippen LogP contribution in [0.25, 0.3) is 5.65 Å². The molecule has 0 spiro atoms. The number of fused-ring (bicyclic) bond motifs is 1. The molecule has 12 heteroatoms. The van der Waals surface area contributed by atoms with Crippen LogP contribution >= 0.6 is 23.2 Å². The van der Waals surface area contributed by atoms with Gasteiger partial charge in [-0.25, -0.2) is 18.8 Å². The number of rotatable bonds is 9. The van der Waals surface area contributed by atoms with Crippen LogP contribution in [0.3, 0.4) is 0 Å². The van der Waals surface area contributed by atoms with Gasteiger partial charge in [0.2, 0.25) is 10.0 Å². The number of carbonyl (C=O) groups excluding carboxylic acids is 1. The van der Waals surface area contributed by atoms with Crippen LogP contribution in [0.5, 0.6) is 0 Å². The van der Waals surface area contributed by atoms with E-state index < -0.39 is 15.9 Å². The van der Waals surface area contributed by atoms with E-state index in [0.29, 0.717) is 38.6 Å². The summed E-state index contributed by atoms with van der Waals surface area (Å²) in [7, 11) is -3.88. The fourth-order valence-electron chi connectivity index (χ4n) is 4.11. The van der Waals surface area contributed by atoms with Crippen LogP contribution in [-0.2, 0) is 23.1 Å². The van der Waals surface area contributed by atoms with E-state index in [1.54, 1.807) is 41.8 Å². The molecule has 1 amide bonds. The van der Waals surface area contributed by atoms with Gasteiger partial charge >= 0.3 is 0 Å². The number of hydrazone groups is 1. The first-order valence-electron chi connectivity index (χ1n) is 12.1. The Morgan fingerprint density at radius 2 is 1.73 bits per heavy atom. The molecule has 3 aromatic heterocycles. The smallest absolute Gasteiger partial charge is 0.290 e. The number of amides is 1. The van der Waals surface area contributed by atoms with E-state index in [2.05, 4.69) is 15.5 Å². The van der Waals surface area contributed by atoms with Crippen molar-refractivity contribution in [1.82, 2.24) is 19.1 Å². The molecular formula is C28H23Cl2N5O4S. The Kier molecular flexibility index (Phi) is 8.04.